The molecule has 0 aromatic rings. The SMILES string of the molecule is CCC(=C(C)C(C)C)N(C)C. The Balaban J connectivity index is 4.54. The molecule has 0 rings (SSSR count). The van der Waals surface area contributed by atoms with Crippen LogP contribution in [0.2, 0.25) is 0 Å². The molecule has 0 atom stereocenters. The van der Waals surface area contributed by atoms with Crippen LogP contribution in [0, 0.1) is 5.92 Å². The fourth-order valence-electron chi connectivity index (χ4n) is 1.28. The monoisotopic (exact) mass is 155 g/mol. The normalized spacial score (nSPS) is 13.4. The lowest BCUT2D eigenvalue weighted by Gasteiger charge is -2.21. The molecule has 0 N–H and O–H groups in total. The number of rotatable bonds is 3. The second-order valence-corrected chi connectivity index (χ2v) is 3.53. The Bertz CT molecular complexity index is 143. The van der Waals surface area contributed by atoms with Gasteiger partial charge >= 0.3 is 0 Å². The Morgan fingerprint density at radius 1 is 1.27 bits per heavy atom. The summed E-state index contributed by atoms with van der Waals surface area (Å²) in [6, 6.07) is 0. The van der Waals surface area contributed by atoms with Crippen LogP contribution in [0.1, 0.15) is 34.1 Å². The highest BCUT2D eigenvalue weighted by Crippen LogP contribution is 2.17. The maximum atomic E-state index is 2.24. The summed E-state index contributed by atoms with van der Waals surface area (Å²) in [5.74, 6) is 0.673. The van der Waals surface area contributed by atoms with Crippen LogP contribution in [0.5, 0.6) is 0 Å². The van der Waals surface area contributed by atoms with Gasteiger partial charge in [0.15, 0.2) is 0 Å². The highest BCUT2D eigenvalue weighted by molar-refractivity contribution is 5.11. The molecule has 0 aliphatic rings. The third kappa shape index (κ3) is 2.96. The maximum absolute atomic E-state index is 2.24. The molecule has 0 fully saturated rings. The van der Waals surface area contributed by atoms with Crippen LogP contribution < -0.4 is 0 Å². The van der Waals surface area contributed by atoms with E-state index in [0.29, 0.717) is 5.92 Å². The van der Waals surface area contributed by atoms with E-state index in [1.807, 2.05) is 0 Å². The van der Waals surface area contributed by atoms with E-state index in [0.717, 1.165) is 6.42 Å². The molecule has 0 aromatic carbocycles. The molecule has 0 aromatic heterocycles. The van der Waals surface area contributed by atoms with E-state index >= 15 is 0 Å². The molecule has 11 heavy (non-hydrogen) atoms. The predicted octanol–water partition coefficient (Wildman–Crippen LogP) is 2.89. The molecule has 66 valence electrons. The molecular weight excluding hydrogens is 134 g/mol. The average Bonchev–Trinajstić information content (AvgIpc) is 1.88. The van der Waals surface area contributed by atoms with Gasteiger partial charge in [0.05, 0.1) is 0 Å². The van der Waals surface area contributed by atoms with E-state index in [1.165, 1.54) is 11.3 Å². The van der Waals surface area contributed by atoms with Crippen LogP contribution >= 0.6 is 0 Å². The molecule has 0 spiro atoms. The largest absolute Gasteiger partial charge is 0.381 e. The summed E-state index contributed by atoms with van der Waals surface area (Å²) in [7, 11) is 4.23. The van der Waals surface area contributed by atoms with Crippen LogP contribution in [-0.4, -0.2) is 19.0 Å². The van der Waals surface area contributed by atoms with Crippen LogP contribution in [-0.2, 0) is 0 Å². The maximum Gasteiger partial charge on any atom is 0.0116 e. The van der Waals surface area contributed by atoms with Gasteiger partial charge in [-0.25, -0.2) is 0 Å². The third-order valence-electron chi connectivity index (χ3n) is 2.20. The summed E-state index contributed by atoms with van der Waals surface area (Å²) < 4.78 is 0. The van der Waals surface area contributed by atoms with Crippen LogP contribution in [0.25, 0.3) is 0 Å². The third-order valence-corrected chi connectivity index (χ3v) is 2.20. The van der Waals surface area contributed by atoms with E-state index in [2.05, 4.69) is 46.7 Å². The molecule has 0 heterocycles. The van der Waals surface area contributed by atoms with Gasteiger partial charge < -0.3 is 4.90 Å². The zero-order valence-electron chi connectivity index (χ0n) is 8.73. The second kappa shape index (κ2) is 4.42. The zero-order chi connectivity index (χ0) is 9.02. The van der Waals surface area contributed by atoms with Crippen molar-refractivity contribution < 1.29 is 0 Å². The van der Waals surface area contributed by atoms with Gasteiger partial charge in [-0.3, -0.25) is 0 Å². The molecular formula is C10H21N. The molecule has 1 nitrogen and oxygen atoms in total. The van der Waals surface area contributed by atoms with Gasteiger partial charge in [-0.05, 0) is 19.3 Å². The highest BCUT2D eigenvalue weighted by Gasteiger charge is 2.05. The first-order valence-electron chi connectivity index (χ1n) is 4.37. The van der Waals surface area contributed by atoms with Crippen molar-refractivity contribution in [1.82, 2.24) is 4.90 Å². The Morgan fingerprint density at radius 3 is 1.82 bits per heavy atom. The molecule has 0 saturated heterocycles. The Kier molecular flexibility index (Phi) is 4.24. The molecule has 0 aliphatic carbocycles. The molecule has 0 aliphatic heterocycles. The fourth-order valence-corrected chi connectivity index (χ4v) is 1.28. The Labute approximate surface area is 71.1 Å². The number of hydrogen-bond donors (Lipinski definition) is 0. The number of hydrogen-bond acceptors (Lipinski definition) is 1. The first-order chi connectivity index (χ1) is 5.00. The van der Waals surface area contributed by atoms with E-state index in [-0.39, 0.29) is 0 Å². The number of nitrogens with zero attached hydrogens (tertiary/aromatic N) is 1. The van der Waals surface area contributed by atoms with Crippen molar-refractivity contribution in [3.8, 4) is 0 Å². The highest BCUT2D eigenvalue weighted by atomic mass is 15.1. The fraction of sp³-hybridized carbons (Fsp3) is 0.800. The van der Waals surface area contributed by atoms with E-state index in [1.54, 1.807) is 0 Å². The quantitative estimate of drug-likeness (QED) is 0.605. The summed E-state index contributed by atoms with van der Waals surface area (Å²) in [6.45, 7) is 8.92. The van der Waals surface area contributed by atoms with Gasteiger partial charge in [0, 0.05) is 19.8 Å². The van der Waals surface area contributed by atoms with Crippen molar-refractivity contribution in [2.24, 2.45) is 5.92 Å². The van der Waals surface area contributed by atoms with E-state index in [4.69, 9.17) is 0 Å². The number of allylic oxidation sites excluding steroid dienone is 2. The standard InChI is InChI=1S/C10H21N/c1-7-10(11(5)6)9(4)8(2)3/h8H,7H2,1-6H3. The van der Waals surface area contributed by atoms with Crippen molar-refractivity contribution in [2.75, 3.05) is 14.1 Å². The smallest absolute Gasteiger partial charge is 0.0116 e. The second-order valence-electron chi connectivity index (χ2n) is 3.53. The molecule has 0 unspecified atom stereocenters. The summed E-state index contributed by atoms with van der Waals surface area (Å²) in [5, 5.41) is 0. The van der Waals surface area contributed by atoms with Gasteiger partial charge in [0.25, 0.3) is 0 Å². The van der Waals surface area contributed by atoms with Gasteiger partial charge in [-0.2, -0.15) is 0 Å². The minimum atomic E-state index is 0.673. The minimum absolute atomic E-state index is 0.673. The van der Waals surface area contributed by atoms with E-state index < -0.39 is 0 Å². The lowest BCUT2D eigenvalue weighted by Crippen LogP contribution is -2.14. The Hall–Kier alpha value is -0.460. The van der Waals surface area contributed by atoms with Crippen molar-refractivity contribution >= 4 is 0 Å². The molecule has 0 amide bonds. The first kappa shape index (κ1) is 10.5. The van der Waals surface area contributed by atoms with Gasteiger partial charge in [-0.15, -0.1) is 0 Å². The summed E-state index contributed by atoms with van der Waals surface area (Å²) in [6.07, 6.45) is 1.14. The van der Waals surface area contributed by atoms with Crippen molar-refractivity contribution in [1.29, 1.82) is 0 Å². The first-order valence-corrected chi connectivity index (χ1v) is 4.37. The van der Waals surface area contributed by atoms with Crippen molar-refractivity contribution in [3.63, 3.8) is 0 Å². The van der Waals surface area contributed by atoms with Crippen LogP contribution in [0.3, 0.4) is 0 Å². The predicted molar refractivity (Wildman–Crippen MR) is 51.5 cm³/mol. The van der Waals surface area contributed by atoms with Crippen molar-refractivity contribution in [2.45, 2.75) is 34.1 Å². The van der Waals surface area contributed by atoms with Gasteiger partial charge in [0.2, 0.25) is 0 Å². The Morgan fingerprint density at radius 2 is 1.73 bits per heavy atom. The van der Waals surface area contributed by atoms with Gasteiger partial charge in [-0.1, -0.05) is 26.3 Å². The lowest BCUT2D eigenvalue weighted by atomic mass is 10.0. The van der Waals surface area contributed by atoms with Crippen molar-refractivity contribution in [3.05, 3.63) is 11.3 Å². The summed E-state index contributed by atoms with van der Waals surface area (Å²) in [4.78, 5) is 2.22. The van der Waals surface area contributed by atoms with Crippen LogP contribution in [0.15, 0.2) is 11.3 Å². The molecule has 0 radical (unpaired) electrons. The van der Waals surface area contributed by atoms with Gasteiger partial charge in [0.1, 0.15) is 0 Å². The minimum Gasteiger partial charge on any atom is -0.381 e. The van der Waals surface area contributed by atoms with Crippen LogP contribution in [0.4, 0.5) is 0 Å². The molecule has 0 bridgehead atoms. The topological polar surface area (TPSA) is 3.24 Å². The summed E-state index contributed by atoms with van der Waals surface area (Å²) in [5.41, 5.74) is 2.98. The van der Waals surface area contributed by atoms with E-state index in [9.17, 15) is 0 Å². The molecule has 0 saturated carbocycles. The zero-order valence-corrected chi connectivity index (χ0v) is 8.73. The summed E-state index contributed by atoms with van der Waals surface area (Å²) >= 11 is 0. The average molecular weight is 155 g/mol. The lowest BCUT2D eigenvalue weighted by molar-refractivity contribution is 0.476. The molecule has 1 heteroatoms.